The molecule has 2 aliphatic carbocycles. The van der Waals surface area contributed by atoms with Gasteiger partial charge >= 0.3 is 0 Å². The molecular weight excluding hydrogens is 298 g/mol. The number of hydrogen-bond acceptors (Lipinski definition) is 3. The minimum absolute atomic E-state index is 0. The first kappa shape index (κ1) is 18.0. The summed E-state index contributed by atoms with van der Waals surface area (Å²) in [7, 11) is 0. The molecule has 1 saturated heterocycles. The number of rotatable bonds is 4. The molecule has 2 N–H and O–H groups in total. The van der Waals surface area contributed by atoms with Gasteiger partial charge in [0.15, 0.2) is 0 Å². The molecule has 6 atom stereocenters. The molecule has 3 rings (SSSR count). The first-order valence-electron chi connectivity index (χ1n) is 8.79. The molecule has 1 heterocycles. The standard InChI is InChI=1S/C17H31N3O.ClH/c1-11-8-20(9-12(2)18-11)10-17(21)19-13(3)16-7-14-4-5-15(16)6-14;/h11-16,18H,4-10H2,1-3H3,(H,19,21);1H. The molecule has 0 aromatic heterocycles. The fourth-order valence-electron chi connectivity index (χ4n) is 5.09. The number of hydrogen-bond donors (Lipinski definition) is 2. The van der Waals surface area contributed by atoms with Crippen LogP contribution in [0.1, 0.15) is 46.5 Å². The molecule has 128 valence electrons. The molecule has 3 fully saturated rings. The lowest BCUT2D eigenvalue weighted by molar-refractivity contribution is -0.123. The molecule has 0 radical (unpaired) electrons. The van der Waals surface area contributed by atoms with E-state index in [9.17, 15) is 4.79 Å². The van der Waals surface area contributed by atoms with E-state index in [1.54, 1.807) is 0 Å². The van der Waals surface area contributed by atoms with Gasteiger partial charge < -0.3 is 10.6 Å². The molecule has 1 aliphatic heterocycles. The minimum Gasteiger partial charge on any atom is -0.352 e. The van der Waals surface area contributed by atoms with Crippen LogP contribution in [0.25, 0.3) is 0 Å². The molecule has 1 amide bonds. The quantitative estimate of drug-likeness (QED) is 0.829. The van der Waals surface area contributed by atoms with Gasteiger partial charge in [-0.15, -0.1) is 12.4 Å². The van der Waals surface area contributed by atoms with E-state index in [-0.39, 0.29) is 18.3 Å². The Balaban J connectivity index is 0.00000176. The van der Waals surface area contributed by atoms with Crippen molar-refractivity contribution < 1.29 is 4.79 Å². The summed E-state index contributed by atoms with van der Waals surface area (Å²) in [6, 6.07) is 1.31. The third kappa shape index (κ3) is 4.15. The number of carbonyl (C=O) groups excluding carboxylic acids is 1. The average Bonchev–Trinajstić information content (AvgIpc) is 2.99. The predicted octanol–water partition coefficient (Wildman–Crippen LogP) is 2.03. The number of nitrogens with zero attached hydrogens (tertiary/aromatic N) is 1. The summed E-state index contributed by atoms with van der Waals surface area (Å²) in [4.78, 5) is 14.6. The van der Waals surface area contributed by atoms with Crippen molar-refractivity contribution in [3.8, 4) is 0 Å². The van der Waals surface area contributed by atoms with Gasteiger partial charge in [-0.25, -0.2) is 0 Å². The summed E-state index contributed by atoms with van der Waals surface area (Å²) >= 11 is 0. The molecule has 2 bridgehead atoms. The third-order valence-corrected chi connectivity index (χ3v) is 5.82. The second-order valence-corrected chi connectivity index (χ2v) is 7.86. The minimum atomic E-state index is 0. The van der Waals surface area contributed by atoms with Crippen molar-refractivity contribution in [1.82, 2.24) is 15.5 Å². The molecule has 0 spiro atoms. The predicted molar refractivity (Wildman–Crippen MR) is 92.3 cm³/mol. The van der Waals surface area contributed by atoms with E-state index in [4.69, 9.17) is 0 Å². The fourth-order valence-corrected chi connectivity index (χ4v) is 5.09. The highest BCUT2D eigenvalue weighted by atomic mass is 35.5. The third-order valence-electron chi connectivity index (χ3n) is 5.82. The second kappa shape index (κ2) is 7.50. The smallest absolute Gasteiger partial charge is 0.234 e. The van der Waals surface area contributed by atoms with Gasteiger partial charge in [0, 0.05) is 31.2 Å². The average molecular weight is 330 g/mol. The van der Waals surface area contributed by atoms with Crippen molar-refractivity contribution in [1.29, 1.82) is 0 Å². The molecule has 6 unspecified atom stereocenters. The van der Waals surface area contributed by atoms with Crippen LogP contribution in [0.5, 0.6) is 0 Å². The molecule has 0 aromatic carbocycles. The lowest BCUT2D eigenvalue weighted by atomic mass is 9.84. The number of carbonyl (C=O) groups is 1. The van der Waals surface area contributed by atoms with Crippen LogP contribution in [0.15, 0.2) is 0 Å². The largest absolute Gasteiger partial charge is 0.352 e. The van der Waals surface area contributed by atoms with Crippen molar-refractivity contribution in [3.05, 3.63) is 0 Å². The van der Waals surface area contributed by atoms with Crippen LogP contribution in [0, 0.1) is 17.8 Å². The Morgan fingerprint density at radius 3 is 2.45 bits per heavy atom. The zero-order valence-electron chi connectivity index (χ0n) is 14.2. The Kier molecular flexibility index (Phi) is 6.14. The van der Waals surface area contributed by atoms with Crippen LogP contribution in [-0.4, -0.2) is 48.6 Å². The van der Waals surface area contributed by atoms with Gasteiger partial charge in [-0.3, -0.25) is 9.69 Å². The second-order valence-electron chi connectivity index (χ2n) is 7.86. The molecule has 2 saturated carbocycles. The van der Waals surface area contributed by atoms with Gasteiger partial charge in [0.1, 0.15) is 0 Å². The Bertz CT molecular complexity index is 382. The summed E-state index contributed by atoms with van der Waals surface area (Å²) in [5, 5.41) is 6.80. The monoisotopic (exact) mass is 329 g/mol. The number of fused-ring (bicyclic) bond motifs is 2. The maximum atomic E-state index is 12.3. The number of nitrogens with one attached hydrogen (secondary N) is 2. The molecule has 4 nitrogen and oxygen atoms in total. The molecule has 22 heavy (non-hydrogen) atoms. The van der Waals surface area contributed by atoms with Crippen molar-refractivity contribution in [2.45, 2.75) is 64.6 Å². The first-order chi connectivity index (χ1) is 10.0. The summed E-state index contributed by atoms with van der Waals surface area (Å²) in [6.07, 6.45) is 5.58. The highest BCUT2D eigenvalue weighted by Crippen LogP contribution is 2.49. The number of halogens is 1. The summed E-state index contributed by atoms with van der Waals surface area (Å²) in [6.45, 7) is 9.10. The Labute approximate surface area is 141 Å². The van der Waals surface area contributed by atoms with Crippen LogP contribution >= 0.6 is 12.4 Å². The van der Waals surface area contributed by atoms with Crippen molar-refractivity contribution in [2.75, 3.05) is 19.6 Å². The topological polar surface area (TPSA) is 44.4 Å². The van der Waals surface area contributed by atoms with Gasteiger partial charge in [-0.1, -0.05) is 6.42 Å². The van der Waals surface area contributed by atoms with Crippen LogP contribution in [0.4, 0.5) is 0 Å². The van der Waals surface area contributed by atoms with Crippen molar-refractivity contribution in [3.63, 3.8) is 0 Å². The Hall–Kier alpha value is -0.320. The van der Waals surface area contributed by atoms with E-state index in [0.717, 1.165) is 30.8 Å². The Morgan fingerprint density at radius 2 is 1.91 bits per heavy atom. The summed E-state index contributed by atoms with van der Waals surface area (Å²) < 4.78 is 0. The van der Waals surface area contributed by atoms with Gasteiger partial charge in [-0.05, 0) is 57.8 Å². The maximum absolute atomic E-state index is 12.3. The van der Waals surface area contributed by atoms with Crippen LogP contribution in [0.3, 0.4) is 0 Å². The van der Waals surface area contributed by atoms with Gasteiger partial charge in [-0.2, -0.15) is 0 Å². The highest BCUT2D eigenvalue weighted by Gasteiger charge is 2.42. The van der Waals surface area contributed by atoms with Crippen LogP contribution in [-0.2, 0) is 4.79 Å². The highest BCUT2D eigenvalue weighted by molar-refractivity contribution is 5.85. The van der Waals surface area contributed by atoms with E-state index in [2.05, 4.69) is 36.3 Å². The van der Waals surface area contributed by atoms with E-state index in [1.807, 2.05) is 0 Å². The molecule has 3 aliphatic rings. The Morgan fingerprint density at radius 1 is 1.23 bits per heavy atom. The molecular formula is C17H32ClN3O. The van der Waals surface area contributed by atoms with E-state index in [0.29, 0.717) is 24.7 Å². The van der Waals surface area contributed by atoms with Gasteiger partial charge in [0.05, 0.1) is 6.54 Å². The SMILES string of the molecule is CC1CN(CC(=O)NC(C)C2CC3CCC2C3)CC(C)N1.Cl. The zero-order chi connectivity index (χ0) is 15.0. The summed E-state index contributed by atoms with van der Waals surface area (Å²) in [5.41, 5.74) is 0. The lowest BCUT2D eigenvalue weighted by Gasteiger charge is -2.36. The number of amides is 1. The van der Waals surface area contributed by atoms with E-state index in [1.165, 1.54) is 25.7 Å². The van der Waals surface area contributed by atoms with Gasteiger partial charge in [0.25, 0.3) is 0 Å². The van der Waals surface area contributed by atoms with Crippen molar-refractivity contribution in [2.24, 2.45) is 17.8 Å². The molecule has 0 aromatic rings. The zero-order valence-corrected chi connectivity index (χ0v) is 15.0. The van der Waals surface area contributed by atoms with Gasteiger partial charge in [0.2, 0.25) is 5.91 Å². The fraction of sp³-hybridized carbons (Fsp3) is 0.941. The summed E-state index contributed by atoms with van der Waals surface area (Å²) in [5.74, 6) is 2.78. The molecule has 5 heteroatoms. The number of piperazine rings is 1. The van der Waals surface area contributed by atoms with E-state index < -0.39 is 0 Å². The van der Waals surface area contributed by atoms with Crippen molar-refractivity contribution >= 4 is 18.3 Å². The maximum Gasteiger partial charge on any atom is 0.234 e. The normalized spacial score (nSPS) is 39.3. The first-order valence-corrected chi connectivity index (χ1v) is 8.79. The van der Waals surface area contributed by atoms with Crippen LogP contribution in [0.2, 0.25) is 0 Å². The van der Waals surface area contributed by atoms with Crippen LogP contribution < -0.4 is 10.6 Å². The lowest BCUT2D eigenvalue weighted by Crippen LogP contribution is -2.56. The van der Waals surface area contributed by atoms with E-state index >= 15 is 0 Å².